The van der Waals surface area contributed by atoms with Gasteiger partial charge in [0.15, 0.2) is 12.6 Å². The number of nitrogens with one attached hydrogen (secondary N) is 1. The lowest BCUT2D eigenvalue weighted by atomic mass is 9.97. The molecule has 2 rings (SSSR count). The van der Waals surface area contributed by atoms with E-state index in [1.807, 2.05) is 6.08 Å². The van der Waals surface area contributed by atoms with Gasteiger partial charge in [-0.3, -0.25) is 4.79 Å². The fourth-order valence-corrected chi connectivity index (χ4v) is 11.8. The molecule has 2 aliphatic heterocycles. The highest BCUT2D eigenvalue weighted by Crippen LogP contribution is 2.30. The molecule has 0 radical (unpaired) electrons. The quantitative estimate of drug-likeness (QED) is 0.0204. The molecule has 12 atom stereocenters. The molecule has 14 nitrogen and oxygen atoms in total. The zero-order valence-electron chi connectivity index (χ0n) is 58.0. The molecule has 0 bridgehead atoms. The number of allylic oxidation sites excluding steroid dienone is 15. The summed E-state index contributed by atoms with van der Waals surface area (Å²) in [4.78, 5) is 13.4. The molecule has 14 heteroatoms. The van der Waals surface area contributed by atoms with Gasteiger partial charge in [0.2, 0.25) is 5.91 Å². The van der Waals surface area contributed by atoms with Crippen LogP contribution in [0.15, 0.2) is 97.2 Å². The van der Waals surface area contributed by atoms with Crippen LogP contribution >= 0.6 is 0 Å². The van der Waals surface area contributed by atoms with E-state index in [2.05, 4.69) is 104 Å². The molecular formula is C78H137NO13. The number of carbonyl (C=O) groups is 1. The minimum atomic E-state index is -1.80. The smallest absolute Gasteiger partial charge is 0.220 e. The van der Waals surface area contributed by atoms with Gasteiger partial charge in [-0.2, -0.15) is 0 Å². The van der Waals surface area contributed by atoms with Gasteiger partial charge in [0.1, 0.15) is 48.8 Å². The summed E-state index contributed by atoms with van der Waals surface area (Å²) in [5.41, 5.74) is 0. The maximum absolute atomic E-state index is 13.4. The molecule has 0 spiro atoms. The summed E-state index contributed by atoms with van der Waals surface area (Å²) in [6.07, 6.45) is 70.4. The van der Waals surface area contributed by atoms with Crippen LogP contribution in [0.25, 0.3) is 0 Å². The van der Waals surface area contributed by atoms with Gasteiger partial charge in [-0.15, -0.1) is 0 Å². The van der Waals surface area contributed by atoms with Gasteiger partial charge in [-0.1, -0.05) is 297 Å². The summed E-state index contributed by atoms with van der Waals surface area (Å²) in [6, 6.07) is -0.946. The SMILES string of the molecule is CC/C=C\C/C=C\C/C=C\C/C=C\C/C=C\CCCCCCCCCCCCCCCC(=O)NC(COC1OC(CO)C(OC2OC(CO)C(O)C(O)C2O)C(O)C1O)C(O)/C=C/CC/C=C/CC/C=C/CCCCCCCCCCCCCCCCCCCCC. The number of rotatable bonds is 61. The molecule has 2 heterocycles. The van der Waals surface area contributed by atoms with Gasteiger partial charge in [-0.25, -0.2) is 0 Å². The average Bonchev–Trinajstić information content (AvgIpc) is 0.836. The van der Waals surface area contributed by atoms with E-state index in [1.165, 1.54) is 180 Å². The number of aliphatic hydroxyl groups is 8. The molecular weight excluding hydrogens is 1160 g/mol. The van der Waals surface area contributed by atoms with Gasteiger partial charge in [0, 0.05) is 6.42 Å². The Labute approximate surface area is 560 Å². The van der Waals surface area contributed by atoms with E-state index >= 15 is 0 Å². The molecule has 0 aliphatic carbocycles. The van der Waals surface area contributed by atoms with Gasteiger partial charge in [-0.05, 0) is 89.9 Å². The van der Waals surface area contributed by atoms with Crippen LogP contribution in [-0.4, -0.2) is 140 Å². The lowest BCUT2D eigenvalue weighted by molar-refractivity contribution is -0.359. The highest BCUT2D eigenvalue weighted by Gasteiger charge is 2.51. The summed E-state index contributed by atoms with van der Waals surface area (Å²) in [5, 5.41) is 87.5. The van der Waals surface area contributed by atoms with Crippen LogP contribution in [0.4, 0.5) is 0 Å². The van der Waals surface area contributed by atoms with E-state index in [9.17, 15) is 45.6 Å². The second kappa shape index (κ2) is 61.5. The molecule has 0 aromatic carbocycles. The van der Waals surface area contributed by atoms with E-state index < -0.39 is 86.8 Å². The van der Waals surface area contributed by atoms with Crippen molar-refractivity contribution < 1.29 is 64.6 Å². The van der Waals surface area contributed by atoms with Crippen LogP contribution in [-0.2, 0) is 23.7 Å². The normalized spacial score (nSPS) is 23.2. The Bertz CT molecular complexity index is 1920. The summed E-state index contributed by atoms with van der Waals surface area (Å²) in [5.74, 6) is -0.255. The second-order valence-corrected chi connectivity index (χ2v) is 26.0. The number of ether oxygens (including phenoxy) is 4. The Morgan fingerprint density at radius 1 is 0.402 bits per heavy atom. The van der Waals surface area contributed by atoms with Crippen molar-refractivity contribution in [3.05, 3.63) is 97.2 Å². The zero-order valence-corrected chi connectivity index (χ0v) is 58.0. The molecule has 2 aliphatic rings. The predicted molar refractivity (Wildman–Crippen MR) is 378 cm³/mol. The largest absolute Gasteiger partial charge is 0.394 e. The zero-order chi connectivity index (χ0) is 66.6. The monoisotopic (exact) mass is 1300 g/mol. The van der Waals surface area contributed by atoms with E-state index in [1.54, 1.807) is 6.08 Å². The fourth-order valence-electron chi connectivity index (χ4n) is 11.8. The average molecular weight is 1300 g/mol. The van der Waals surface area contributed by atoms with Crippen molar-refractivity contribution in [2.75, 3.05) is 19.8 Å². The lowest BCUT2D eigenvalue weighted by Crippen LogP contribution is -2.65. The fraction of sp³-hybridized carbons (Fsp3) is 0.782. The summed E-state index contributed by atoms with van der Waals surface area (Å²) < 4.78 is 22.9. The van der Waals surface area contributed by atoms with E-state index in [-0.39, 0.29) is 18.9 Å². The van der Waals surface area contributed by atoms with E-state index in [4.69, 9.17) is 18.9 Å². The van der Waals surface area contributed by atoms with Crippen LogP contribution in [0, 0.1) is 0 Å². The Morgan fingerprint density at radius 3 is 1.20 bits per heavy atom. The lowest BCUT2D eigenvalue weighted by Gasteiger charge is -2.46. The van der Waals surface area contributed by atoms with E-state index in [0.29, 0.717) is 12.8 Å². The van der Waals surface area contributed by atoms with Crippen molar-refractivity contribution in [3.8, 4) is 0 Å². The van der Waals surface area contributed by atoms with Crippen molar-refractivity contribution in [3.63, 3.8) is 0 Å². The standard InChI is InChI=1S/C78H137NO13/c1-3-5-7-9-11-13-15-17-19-21-23-25-27-29-31-33-35-37-39-41-43-45-47-49-51-53-55-57-59-61-67(82)66(65-89-77-75(88)73(86)76(69(64-81)91-77)92-78-74(87)72(85)71(84)68(63-80)90-78)79-70(83)62-60-58-56-54-52-50-48-46-44-42-40-38-36-34-32-30-28-26-24-22-20-18-16-14-12-10-8-6-4-2/h6,8,12,14,18,20,24,26,30,32,43,45,51,53,59,61,66-69,71-78,80-82,84-88H,3-5,7,9-11,13,15-17,19,21-23,25,27-29,31,33-42,44,46-50,52,54-58,60,62-65H2,1-2H3,(H,79,83)/b8-6-,14-12-,20-18-,26-24-,32-30-,45-43+,53-51+,61-59+. The van der Waals surface area contributed by atoms with Gasteiger partial charge >= 0.3 is 0 Å². The minimum absolute atomic E-state index is 0.255. The number of hydrogen-bond acceptors (Lipinski definition) is 13. The topological polar surface area (TPSA) is 228 Å². The van der Waals surface area contributed by atoms with Crippen molar-refractivity contribution in [1.29, 1.82) is 0 Å². The molecule has 2 saturated heterocycles. The molecule has 0 saturated carbocycles. The van der Waals surface area contributed by atoms with Crippen LogP contribution in [0.5, 0.6) is 0 Å². The maximum atomic E-state index is 13.4. The summed E-state index contributed by atoms with van der Waals surface area (Å²) in [6.45, 7) is 2.69. The first-order chi connectivity index (χ1) is 45.1. The first-order valence-corrected chi connectivity index (χ1v) is 37.5. The van der Waals surface area contributed by atoms with Crippen LogP contribution in [0.2, 0.25) is 0 Å². The van der Waals surface area contributed by atoms with Crippen molar-refractivity contribution in [2.45, 2.75) is 370 Å². The Morgan fingerprint density at radius 2 is 0.761 bits per heavy atom. The summed E-state index contributed by atoms with van der Waals surface area (Å²) in [7, 11) is 0. The molecule has 532 valence electrons. The van der Waals surface area contributed by atoms with Crippen molar-refractivity contribution in [1.82, 2.24) is 5.32 Å². The van der Waals surface area contributed by atoms with Gasteiger partial charge in [0.05, 0.1) is 32.0 Å². The van der Waals surface area contributed by atoms with Crippen molar-refractivity contribution in [2.24, 2.45) is 0 Å². The molecule has 0 aromatic rings. The van der Waals surface area contributed by atoms with E-state index in [0.717, 1.165) is 83.5 Å². The van der Waals surface area contributed by atoms with Gasteiger partial charge in [0.25, 0.3) is 0 Å². The highest BCUT2D eigenvalue weighted by atomic mass is 16.7. The summed E-state index contributed by atoms with van der Waals surface area (Å²) >= 11 is 0. The van der Waals surface area contributed by atoms with Gasteiger partial charge < -0.3 is 65.1 Å². The highest BCUT2D eigenvalue weighted by molar-refractivity contribution is 5.76. The number of carbonyl (C=O) groups excluding carboxylic acids is 1. The maximum Gasteiger partial charge on any atom is 0.220 e. The Balaban J connectivity index is 1.68. The predicted octanol–water partition coefficient (Wildman–Crippen LogP) is 16.1. The number of hydrogen-bond donors (Lipinski definition) is 9. The molecule has 1 amide bonds. The van der Waals surface area contributed by atoms with Crippen LogP contribution < -0.4 is 5.32 Å². The van der Waals surface area contributed by atoms with Crippen LogP contribution in [0.1, 0.15) is 296 Å². The Kier molecular flexibility index (Phi) is 56.8. The molecule has 2 fully saturated rings. The molecule has 9 N–H and O–H groups in total. The third-order valence-corrected chi connectivity index (χ3v) is 17.7. The molecule has 0 aromatic heterocycles. The first kappa shape index (κ1) is 85.0. The van der Waals surface area contributed by atoms with Crippen LogP contribution in [0.3, 0.4) is 0 Å². The minimum Gasteiger partial charge on any atom is -0.394 e. The number of aliphatic hydroxyl groups excluding tert-OH is 8. The molecule has 12 unspecified atom stereocenters. The Hall–Kier alpha value is -3.09. The third-order valence-electron chi connectivity index (χ3n) is 17.7. The number of unbranched alkanes of at least 4 members (excludes halogenated alkanes) is 34. The first-order valence-electron chi connectivity index (χ1n) is 37.5. The van der Waals surface area contributed by atoms with Crippen molar-refractivity contribution >= 4 is 5.91 Å². The third kappa shape index (κ3) is 44.6. The molecule has 92 heavy (non-hydrogen) atoms. The number of amides is 1. The second-order valence-electron chi connectivity index (χ2n) is 26.0.